The van der Waals surface area contributed by atoms with Crippen molar-refractivity contribution in [3.05, 3.63) is 0 Å². The van der Waals surface area contributed by atoms with Crippen molar-refractivity contribution >= 4 is 5.91 Å². The second-order valence-electron chi connectivity index (χ2n) is 5.03. The molecule has 0 spiro atoms. The highest BCUT2D eigenvalue weighted by atomic mass is 16.1. The molecule has 2 nitrogen and oxygen atoms in total. The van der Waals surface area contributed by atoms with Gasteiger partial charge in [0.2, 0.25) is 5.91 Å². The van der Waals surface area contributed by atoms with Gasteiger partial charge in [-0.2, -0.15) is 0 Å². The number of rotatable bonds is 3. The topological polar surface area (TPSA) is 29.1 Å². The van der Waals surface area contributed by atoms with Crippen LogP contribution < -0.4 is 5.32 Å². The van der Waals surface area contributed by atoms with Crippen molar-refractivity contribution in [1.29, 1.82) is 0 Å². The van der Waals surface area contributed by atoms with Crippen LogP contribution in [0.25, 0.3) is 0 Å². The Balaban J connectivity index is 2.31. The van der Waals surface area contributed by atoms with Gasteiger partial charge in [0.1, 0.15) is 0 Å². The van der Waals surface area contributed by atoms with Crippen LogP contribution in [0.3, 0.4) is 0 Å². The van der Waals surface area contributed by atoms with Gasteiger partial charge in [0, 0.05) is 12.5 Å². The monoisotopic (exact) mass is 197 g/mol. The second kappa shape index (κ2) is 5.38. The van der Waals surface area contributed by atoms with Gasteiger partial charge in [-0.1, -0.05) is 33.6 Å². The van der Waals surface area contributed by atoms with Crippen LogP contribution >= 0.6 is 0 Å². The number of hydrogen-bond acceptors (Lipinski definition) is 1. The van der Waals surface area contributed by atoms with E-state index in [0.717, 1.165) is 0 Å². The van der Waals surface area contributed by atoms with E-state index in [1.54, 1.807) is 0 Å². The summed E-state index contributed by atoms with van der Waals surface area (Å²) >= 11 is 0. The molecule has 1 amide bonds. The zero-order valence-electron chi connectivity index (χ0n) is 9.68. The molecule has 0 aliphatic heterocycles. The van der Waals surface area contributed by atoms with Crippen molar-refractivity contribution in [3.8, 4) is 0 Å². The largest absolute Gasteiger partial charge is 0.353 e. The number of nitrogens with one attached hydrogen (secondary N) is 1. The number of carbonyl (C=O) groups is 1. The van der Waals surface area contributed by atoms with Crippen LogP contribution in [-0.2, 0) is 4.79 Å². The maximum atomic E-state index is 11.6. The first kappa shape index (κ1) is 11.5. The summed E-state index contributed by atoms with van der Waals surface area (Å²) in [4.78, 5) is 11.6. The van der Waals surface area contributed by atoms with E-state index in [9.17, 15) is 4.79 Å². The summed E-state index contributed by atoms with van der Waals surface area (Å²) in [5, 5.41) is 3.16. The van der Waals surface area contributed by atoms with Crippen molar-refractivity contribution in [2.45, 2.75) is 58.9 Å². The SMILES string of the molecule is CC(C)CC(=O)NC1CCCCC1C. The summed E-state index contributed by atoms with van der Waals surface area (Å²) in [7, 11) is 0. The molecule has 0 heterocycles. The van der Waals surface area contributed by atoms with Gasteiger partial charge >= 0.3 is 0 Å². The Kier molecular flexibility index (Phi) is 4.43. The lowest BCUT2D eigenvalue weighted by atomic mass is 9.86. The van der Waals surface area contributed by atoms with E-state index in [0.29, 0.717) is 24.3 Å². The molecule has 1 aliphatic carbocycles. The van der Waals surface area contributed by atoms with Gasteiger partial charge in [-0.15, -0.1) is 0 Å². The predicted molar refractivity (Wildman–Crippen MR) is 59.0 cm³/mol. The van der Waals surface area contributed by atoms with Gasteiger partial charge in [-0.25, -0.2) is 0 Å². The first-order valence-electron chi connectivity index (χ1n) is 5.89. The molecule has 82 valence electrons. The van der Waals surface area contributed by atoms with Crippen molar-refractivity contribution in [1.82, 2.24) is 5.32 Å². The number of amides is 1. The molecule has 14 heavy (non-hydrogen) atoms. The highest BCUT2D eigenvalue weighted by Crippen LogP contribution is 2.23. The minimum Gasteiger partial charge on any atom is -0.353 e. The molecule has 0 bridgehead atoms. The molecule has 0 saturated heterocycles. The summed E-state index contributed by atoms with van der Waals surface area (Å²) in [5.41, 5.74) is 0. The van der Waals surface area contributed by atoms with Crippen molar-refractivity contribution in [2.24, 2.45) is 11.8 Å². The molecule has 0 radical (unpaired) electrons. The van der Waals surface area contributed by atoms with Gasteiger partial charge in [0.25, 0.3) is 0 Å². The summed E-state index contributed by atoms with van der Waals surface area (Å²) in [5.74, 6) is 1.37. The van der Waals surface area contributed by atoms with Crippen molar-refractivity contribution in [3.63, 3.8) is 0 Å². The maximum Gasteiger partial charge on any atom is 0.220 e. The van der Waals surface area contributed by atoms with Gasteiger partial charge in [0.15, 0.2) is 0 Å². The van der Waals surface area contributed by atoms with E-state index < -0.39 is 0 Å². The lowest BCUT2D eigenvalue weighted by Gasteiger charge is -2.29. The highest BCUT2D eigenvalue weighted by molar-refractivity contribution is 5.76. The third-order valence-electron chi connectivity index (χ3n) is 3.05. The summed E-state index contributed by atoms with van der Waals surface area (Å²) < 4.78 is 0. The Morgan fingerprint density at radius 1 is 1.36 bits per heavy atom. The first-order chi connectivity index (χ1) is 6.59. The van der Waals surface area contributed by atoms with Crippen molar-refractivity contribution < 1.29 is 4.79 Å². The Hall–Kier alpha value is -0.530. The summed E-state index contributed by atoms with van der Waals surface area (Å²) in [6.45, 7) is 6.42. The standard InChI is InChI=1S/C12H23NO/c1-9(2)8-12(14)13-11-7-5-4-6-10(11)3/h9-11H,4-8H2,1-3H3,(H,13,14). The molecule has 2 atom stereocenters. The quantitative estimate of drug-likeness (QED) is 0.740. The van der Waals surface area contributed by atoms with Gasteiger partial charge in [0.05, 0.1) is 0 Å². The normalized spacial score (nSPS) is 27.7. The number of carbonyl (C=O) groups excluding carboxylic acids is 1. The average molecular weight is 197 g/mol. The van der Waals surface area contributed by atoms with Crippen LogP contribution in [0.2, 0.25) is 0 Å². The zero-order valence-corrected chi connectivity index (χ0v) is 9.68. The fraction of sp³-hybridized carbons (Fsp3) is 0.917. The third-order valence-corrected chi connectivity index (χ3v) is 3.05. The Morgan fingerprint density at radius 3 is 2.57 bits per heavy atom. The van der Waals surface area contributed by atoms with Crippen LogP contribution in [-0.4, -0.2) is 11.9 Å². The molecular formula is C12H23NO. The van der Waals surface area contributed by atoms with Crippen LogP contribution in [0, 0.1) is 11.8 Å². The lowest BCUT2D eigenvalue weighted by Crippen LogP contribution is -2.41. The van der Waals surface area contributed by atoms with E-state index in [-0.39, 0.29) is 5.91 Å². The van der Waals surface area contributed by atoms with Crippen LogP contribution in [0.4, 0.5) is 0 Å². The molecule has 0 aromatic heterocycles. The Morgan fingerprint density at radius 2 is 2.00 bits per heavy atom. The van der Waals surface area contributed by atoms with Gasteiger partial charge in [-0.05, 0) is 24.7 Å². The lowest BCUT2D eigenvalue weighted by molar-refractivity contribution is -0.123. The van der Waals surface area contributed by atoms with Crippen molar-refractivity contribution in [2.75, 3.05) is 0 Å². The molecule has 2 unspecified atom stereocenters. The van der Waals surface area contributed by atoms with Crippen LogP contribution in [0.1, 0.15) is 52.9 Å². The van der Waals surface area contributed by atoms with E-state index in [2.05, 4.69) is 26.1 Å². The third kappa shape index (κ3) is 3.69. The fourth-order valence-electron chi connectivity index (χ4n) is 2.17. The molecule has 1 rings (SSSR count). The number of hydrogen-bond donors (Lipinski definition) is 1. The van der Waals surface area contributed by atoms with Gasteiger partial charge < -0.3 is 5.32 Å². The minimum atomic E-state index is 0.235. The first-order valence-corrected chi connectivity index (χ1v) is 5.89. The predicted octanol–water partition coefficient (Wildman–Crippen LogP) is 2.73. The van der Waals surface area contributed by atoms with Gasteiger partial charge in [-0.3, -0.25) is 4.79 Å². The molecular weight excluding hydrogens is 174 g/mol. The van der Waals surface area contributed by atoms with E-state index in [1.807, 2.05) is 0 Å². The molecule has 1 saturated carbocycles. The highest BCUT2D eigenvalue weighted by Gasteiger charge is 2.22. The maximum absolute atomic E-state index is 11.6. The fourth-order valence-corrected chi connectivity index (χ4v) is 2.17. The van der Waals surface area contributed by atoms with Crippen LogP contribution in [0.15, 0.2) is 0 Å². The smallest absolute Gasteiger partial charge is 0.220 e. The Labute approximate surface area is 87.5 Å². The average Bonchev–Trinajstić information content (AvgIpc) is 2.07. The molecule has 0 aromatic carbocycles. The second-order valence-corrected chi connectivity index (χ2v) is 5.03. The van der Waals surface area contributed by atoms with E-state index in [1.165, 1.54) is 25.7 Å². The van der Waals surface area contributed by atoms with E-state index in [4.69, 9.17) is 0 Å². The van der Waals surface area contributed by atoms with E-state index >= 15 is 0 Å². The summed E-state index contributed by atoms with van der Waals surface area (Å²) in [6, 6.07) is 0.440. The molecule has 1 fully saturated rings. The zero-order chi connectivity index (χ0) is 10.6. The summed E-state index contributed by atoms with van der Waals surface area (Å²) in [6.07, 6.45) is 5.72. The molecule has 1 N–H and O–H groups in total. The molecule has 1 aliphatic rings. The molecule has 0 aromatic rings. The minimum absolute atomic E-state index is 0.235. The van der Waals surface area contributed by atoms with Crippen LogP contribution in [0.5, 0.6) is 0 Å². The Bertz CT molecular complexity index is 189. The molecule has 2 heteroatoms.